The van der Waals surface area contributed by atoms with Crippen LogP contribution >= 0.6 is 0 Å². The van der Waals surface area contributed by atoms with Crippen LogP contribution < -0.4 is 5.32 Å². The second-order valence-corrected chi connectivity index (χ2v) is 5.61. The van der Waals surface area contributed by atoms with Crippen molar-refractivity contribution in [3.63, 3.8) is 0 Å². The predicted octanol–water partition coefficient (Wildman–Crippen LogP) is 4.55. The first kappa shape index (κ1) is 19.5. The monoisotopic (exact) mass is 330 g/mol. The molecule has 1 rings (SSSR count). The van der Waals surface area contributed by atoms with Gasteiger partial charge in [-0.15, -0.1) is 0 Å². The quantitative estimate of drug-likeness (QED) is 0.720. The zero-order valence-electron chi connectivity index (χ0n) is 13.7. The Bertz CT molecular complexity index is 481. The summed E-state index contributed by atoms with van der Waals surface area (Å²) in [7, 11) is 0. The number of nitrogens with zero attached hydrogens (tertiary/aromatic N) is 1. The van der Waals surface area contributed by atoms with Gasteiger partial charge in [-0.05, 0) is 44.1 Å². The van der Waals surface area contributed by atoms with Gasteiger partial charge in [0.2, 0.25) is 5.91 Å². The van der Waals surface area contributed by atoms with Gasteiger partial charge in [0.15, 0.2) is 0 Å². The number of carbonyl (C=O) groups excluding carboxylic acids is 1. The summed E-state index contributed by atoms with van der Waals surface area (Å²) in [6.07, 6.45) is -0.328. The van der Waals surface area contributed by atoms with Crippen LogP contribution in [0.2, 0.25) is 0 Å². The van der Waals surface area contributed by atoms with Crippen molar-refractivity contribution >= 4 is 11.6 Å². The van der Waals surface area contributed by atoms with Crippen molar-refractivity contribution < 1.29 is 18.0 Å². The van der Waals surface area contributed by atoms with Gasteiger partial charge in [0.1, 0.15) is 0 Å². The molecule has 130 valence electrons. The van der Waals surface area contributed by atoms with Crippen molar-refractivity contribution in [3.8, 4) is 0 Å². The van der Waals surface area contributed by atoms with Crippen molar-refractivity contribution in [1.29, 1.82) is 0 Å². The summed E-state index contributed by atoms with van der Waals surface area (Å²) in [5, 5.41) is 2.56. The van der Waals surface area contributed by atoms with Crippen LogP contribution in [0.4, 0.5) is 18.9 Å². The number of amides is 1. The van der Waals surface area contributed by atoms with Crippen molar-refractivity contribution in [3.05, 3.63) is 29.8 Å². The number of benzene rings is 1. The van der Waals surface area contributed by atoms with Crippen LogP contribution in [0.3, 0.4) is 0 Å². The molecule has 1 amide bonds. The summed E-state index contributed by atoms with van der Waals surface area (Å²) < 4.78 is 38.0. The Kier molecular flexibility index (Phi) is 8.09. The largest absolute Gasteiger partial charge is 0.416 e. The van der Waals surface area contributed by atoms with E-state index in [1.807, 2.05) is 0 Å². The Labute approximate surface area is 135 Å². The Morgan fingerprint density at radius 3 is 2.26 bits per heavy atom. The smallest absolute Gasteiger partial charge is 0.325 e. The van der Waals surface area contributed by atoms with Gasteiger partial charge in [0.25, 0.3) is 0 Å². The normalized spacial score (nSPS) is 11.7. The average molecular weight is 330 g/mol. The fourth-order valence-electron chi connectivity index (χ4n) is 2.21. The van der Waals surface area contributed by atoms with E-state index in [0.29, 0.717) is 0 Å². The van der Waals surface area contributed by atoms with E-state index in [-0.39, 0.29) is 18.1 Å². The first-order valence-corrected chi connectivity index (χ1v) is 8.06. The van der Waals surface area contributed by atoms with E-state index in [1.54, 1.807) is 0 Å². The molecule has 0 aromatic heterocycles. The maximum atomic E-state index is 12.7. The average Bonchev–Trinajstić information content (AvgIpc) is 2.49. The summed E-state index contributed by atoms with van der Waals surface area (Å²) in [5.41, 5.74) is -0.583. The standard InChI is InChI=1S/C17H25F3N2O/c1-3-5-10-22(11-6-4-2)13-16(23)21-15-9-7-8-14(12-15)17(18,19)20/h7-9,12H,3-6,10-11,13H2,1-2H3,(H,21,23). The molecule has 3 nitrogen and oxygen atoms in total. The molecule has 0 saturated heterocycles. The van der Waals surface area contributed by atoms with E-state index >= 15 is 0 Å². The van der Waals surface area contributed by atoms with Gasteiger partial charge in [-0.2, -0.15) is 13.2 Å². The second kappa shape index (κ2) is 9.55. The van der Waals surface area contributed by atoms with Crippen LogP contribution in [0, 0.1) is 0 Å². The molecule has 0 aliphatic rings. The van der Waals surface area contributed by atoms with Gasteiger partial charge in [0, 0.05) is 5.69 Å². The first-order valence-electron chi connectivity index (χ1n) is 8.06. The maximum absolute atomic E-state index is 12.7. The van der Waals surface area contributed by atoms with Gasteiger partial charge in [-0.1, -0.05) is 32.8 Å². The van der Waals surface area contributed by atoms with Gasteiger partial charge in [-0.3, -0.25) is 9.69 Å². The van der Waals surface area contributed by atoms with Crippen LogP contribution in [-0.4, -0.2) is 30.4 Å². The van der Waals surface area contributed by atoms with Crippen molar-refractivity contribution in [2.75, 3.05) is 25.0 Å². The topological polar surface area (TPSA) is 32.3 Å². The summed E-state index contributed by atoms with van der Waals surface area (Å²) in [5.74, 6) is -0.281. The molecular weight excluding hydrogens is 305 g/mol. The fourth-order valence-corrected chi connectivity index (χ4v) is 2.21. The molecule has 0 aliphatic carbocycles. The van der Waals surface area contributed by atoms with E-state index < -0.39 is 11.7 Å². The molecule has 23 heavy (non-hydrogen) atoms. The highest BCUT2D eigenvalue weighted by Crippen LogP contribution is 2.30. The highest BCUT2D eigenvalue weighted by atomic mass is 19.4. The number of carbonyl (C=O) groups is 1. The van der Waals surface area contributed by atoms with E-state index in [1.165, 1.54) is 12.1 Å². The third kappa shape index (κ3) is 7.50. The lowest BCUT2D eigenvalue weighted by Gasteiger charge is -2.21. The number of unbranched alkanes of at least 4 members (excludes halogenated alkanes) is 2. The minimum absolute atomic E-state index is 0.177. The highest BCUT2D eigenvalue weighted by Gasteiger charge is 2.30. The van der Waals surface area contributed by atoms with Gasteiger partial charge >= 0.3 is 6.18 Å². The molecule has 0 bridgehead atoms. The molecule has 1 aromatic carbocycles. The lowest BCUT2D eigenvalue weighted by atomic mass is 10.2. The molecule has 0 spiro atoms. The number of rotatable bonds is 9. The Balaban J connectivity index is 2.63. The minimum Gasteiger partial charge on any atom is -0.325 e. The van der Waals surface area contributed by atoms with E-state index in [4.69, 9.17) is 0 Å². The van der Waals surface area contributed by atoms with Crippen LogP contribution in [-0.2, 0) is 11.0 Å². The molecule has 0 heterocycles. The van der Waals surface area contributed by atoms with Crippen molar-refractivity contribution in [2.24, 2.45) is 0 Å². The Morgan fingerprint density at radius 1 is 1.13 bits per heavy atom. The maximum Gasteiger partial charge on any atom is 0.416 e. The zero-order valence-corrected chi connectivity index (χ0v) is 13.7. The minimum atomic E-state index is -4.41. The number of nitrogens with one attached hydrogen (secondary N) is 1. The summed E-state index contributed by atoms with van der Waals surface area (Å²) in [6.45, 7) is 6.02. The number of anilines is 1. The molecule has 1 N–H and O–H groups in total. The highest BCUT2D eigenvalue weighted by molar-refractivity contribution is 5.92. The summed E-state index contributed by atoms with van der Waals surface area (Å²) >= 11 is 0. The Morgan fingerprint density at radius 2 is 1.74 bits per heavy atom. The molecule has 1 aromatic rings. The summed E-state index contributed by atoms with van der Waals surface area (Å²) in [6, 6.07) is 4.71. The van der Waals surface area contributed by atoms with Crippen LogP contribution in [0.5, 0.6) is 0 Å². The van der Waals surface area contributed by atoms with Crippen molar-refractivity contribution in [2.45, 2.75) is 45.7 Å². The predicted molar refractivity (Wildman–Crippen MR) is 86.3 cm³/mol. The number of hydrogen-bond acceptors (Lipinski definition) is 2. The summed E-state index contributed by atoms with van der Waals surface area (Å²) in [4.78, 5) is 14.1. The van der Waals surface area contributed by atoms with Crippen LogP contribution in [0.25, 0.3) is 0 Å². The van der Waals surface area contributed by atoms with Crippen LogP contribution in [0.15, 0.2) is 24.3 Å². The van der Waals surface area contributed by atoms with E-state index in [9.17, 15) is 18.0 Å². The first-order chi connectivity index (χ1) is 10.9. The third-order valence-corrected chi connectivity index (χ3v) is 3.50. The lowest BCUT2D eigenvalue weighted by molar-refractivity contribution is -0.137. The third-order valence-electron chi connectivity index (χ3n) is 3.50. The molecule has 0 saturated carbocycles. The molecule has 0 unspecified atom stereocenters. The van der Waals surface area contributed by atoms with Gasteiger partial charge in [-0.25, -0.2) is 0 Å². The Hall–Kier alpha value is -1.56. The molecule has 0 radical (unpaired) electrons. The van der Waals surface area contributed by atoms with E-state index in [0.717, 1.165) is 50.9 Å². The molecule has 0 atom stereocenters. The molecule has 0 aliphatic heterocycles. The second-order valence-electron chi connectivity index (χ2n) is 5.61. The van der Waals surface area contributed by atoms with Gasteiger partial charge < -0.3 is 5.32 Å². The molecule has 6 heteroatoms. The molecule has 0 fully saturated rings. The van der Waals surface area contributed by atoms with E-state index in [2.05, 4.69) is 24.1 Å². The number of hydrogen-bond donors (Lipinski definition) is 1. The van der Waals surface area contributed by atoms with Crippen LogP contribution in [0.1, 0.15) is 45.1 Å². The molecular formula is C17H25F3N2O. The number of halogens is 3. The van der Waals surface area contributed by atoms with Crippen molar-refractivity contribution in [1.82, 2.24) is 4.90 Å². The fraction of sp³-hybridized carbons (Fsp3) is 0.588. The zero-order chi connectivity index (χ0) is 17.3. The van der Waals surface area contributed by atoms with Gasteiger partial charge in [0.05, 0.1) is 12.1 Å². The number of alkyl halides is 3. The lowest BCUT2D eigenvalue weighted by Crippen LogP contribution is -2.34. The SMILES string of the molecule is CCCCN(CCCC)CC(=O)Nc1cccc(C(F)(F)F)c1.